The van der Waals surface area contributed by atoms with Crippen molar-refractivity contribution in [2.45, 2.75) is 4.90 Å². The van der Waals surface area contributed by atoms with Crippen LogP contribution in [-0.4, -0.2) is 8.42 Å². The zero-order valence-corrected chi connectivity index (χ0v) is 7.14. The van der Waals surface area contributed by atoms with Crippen LogP contribution in [0.3, 0.4) is 0 Å². The first-order valence-electron chi connectivity index (χ1n) is 3.25. The van der Waals surface area contributed by atoms with E-state index in [0.29, 0.717) is 0 Å². The van der Waals surface area contributed by atoms with Crippen LogP contribution in [-0.2, 0) is 9.84 Å². The van der Waals surface area contributed by atoms with Gasteiger partial charge in [-0.1, -0.05) is 6.58 Å². The van der Waals surface area contributed by atoms with Crippen LogP contribution in [0.25, 0.3) is 0 Å². The molecule has 1 aromatic rings. The van der Waals surface area contributed by atoms with Crippen LogP contribution in [0, 0.1) is 0 Å². The Morgan fingerprint density at radius 2 is 1.75 bits per heavy atom. The van der Waals surface area contributed by atoms with Crippen molar-refractivity contribution in [3.8, 4) is 0 Å². The highest BCUT2D eigenvalue weighted by Gasteiger charge is 2.07. The highest BCUT2D eigenvalue weighted by molar-refractivity contribution is 7.94. The van der Waals surface area contributed by atoms with Crippen LogP contribution in [0.2, 0.25) is 0 Å². The summed E-state index contributed by atoms with van der Waals surface area (Å²) >= 11 is 0. The van der Waals surface area contributed by atoms with Gasteiger partial charge < -0.3 is 5.73 Å². The highest BCUT2D eigenvalue weighted by Crippen LogP contribution is 2.13. The van der Waals surface area contributed by atoms with Crippen molar-refractivity contribution in [2.24, 2.45) is 0 Å². The molecular weight excluding hydrogens is 174 g/mol. The predicted molar refractivity (Wildman–Crippen MR) is 46.6 cm³/mol. The Labute approximate surface area is 71.4 Å². The lowest BCUT2D eigenvalue weighted by Gasteiger charge is -1.97. The van der Waals surface area contributed by atoms with Crippen LogP contribution < -0.4 is 5.73 Å². The van der Waals surface area contributed by atoms with Gasteiger partial charge in [0.2, 0.25) is 0 Å². The monoisotopic (exact) mass is 182 g/mol. The number of hydrogen-bond donors (Lipinski definition) is 0. The van der Waals surface area contributed by atoms with Gasteiger partial charge in [-0.2, -0.15) is 0 Å². The molecule has 0 amide bonds. The molecule has 0 saturated heterocycles. The maximum atomic E-state index is 11.1. The van der Waals surface area contributed by atoms with E-state index in [1.807, 2.05) is 0 Å². The van der Waals surface area contributed by atoms with Gasteiger partial charge in [0, 0.05) is 5.41 Å². The van der Waals surface area contributed by atoms with Gasteiger partial charge in [-0.05, 0) is 24.3 Å². The second-order valence-corrected chi connectivity index (χ2v) is 4.13. The molecule has 3 nitrogen and oxygen atoms in total. The first-order chi connectivity index (χ1) is 5.56. The SMILES string of the molecule is C=CS(=O)(=O)c1ccc([NH])cc1. The molecule has 0 aliphatic heterocycles. The Kier molecular flexibility index (Phi) is 2.19. The van der Waals surface area contributed by atoms with E-state index in [4.69, 9.17) is 5.73 Å². The van der Waals surface area contributed by atoms with Gasteiger partial charge in [-0.15, -0.1) is 0 Å². The van der Waals surface area contributed by atoms with Gasteiger partial charge in [0.25, 0.3) is 0 Å². The summed E-state index contributed by atoms with van der Waals surface area (Å²) in [6.07, 6.45) is 0. The molecule has 63 valence electrons. The molecule has 1 radical (unpaired) electrons. The Bertz CT molecular complexity index is 378. The largest absolute Gasteiger partial charge is 0.301 e. The number of nitrogens with one attached hydrogen (secondary N) is 1. The van der Waals surface area contributed by atoms with E-state index in [9.17, 15) is 8.42 Å². The summed E-state index contributed by atoms with van der Waals surface area (Å²) in [6.45, 7) is 3.20. The third-order valence-corrected chi connectivity index (χ3v) is 2.77. The molecule has 0 aromatic heterocycles. The number of rotatable bonds is 2. The molecule has 4 heteroatoms. The quantitative estimate of drug-likeness (QED) is 0.696. The lowest BCUT2D eigenvalue weighted by molar-refractivity contribution is 0.605. The summed E-state index contributed by atoms with van der Waals surface area (Å²) in [4.78, 5) is 0.175. The molecule has 0 heterocycles. The van der Waals surface area contributed by atoms with E-state index in [-0.39, 0.29) is 10.6 Å². The molecule has 0 spiro atoms. The number of hydrogen-bond acceptors (Lipinski definition) is 2. The van der Waals surface area contributed by atoms with E-state index in [1.54, 1.807) is 0 Å². The van der Waals surface area contributed by atoms with Crippen molar-refractivity contribution in [3.63, 3.8) is 0 Å². The normalized spacial score (nSPS) is 11.0. The van der Waals surface area contributed by atoms with Crippen molar-refractivity contribution in [2.75, 3.05) is 0 Å². The lowest BCUT2D eigenvalue weighted by Crippen LogP contribution is -1.94. The fourth-order valence-corrected chi connectivity index (χ4v) is 1.45. The van der Waals surface area contributed by atoms with Crippen LogP contribution >= 0.6 is 0 Å². The Morgan fingerprint density at radius 1 is 1.25 bits per heavy atom. The summed E-state index contributed by atoms with van der Waals surface area (Å²) < 4.78 is 22.3. The first kappa shape index (κ1) is 8.80. The van der Waals surface area contributed by atoms with Gasteiger partial charge in [-0.3, -0.25) is 0 Å². The second kappa shape index (κ2) is 2.98. The smallest absolute Gasteiger partial charge is 0.199 e. The maximum Gasteiger partial charge on any atom is 0.199 e. The van der Waals surface area contributed by atoms with Gasteiger partial charge in [0.05, 0.1) is 10.6 Å². The molecule has 1 aromatic carbocycles. The third kappa shape index (κ3) is 1.65. The average Bonchev–Trinajstić information content (AvgIpc) is 2.05. The molecule has 1 N–H and O–H groups in total. The van der Waals surface area contributed by atoms with Gasteiger partial charge >= 0.3 is 0 Å². The molecule has 0 unspecified atom stereocenters. The van der Waals surface area contributed by atoms with Crippen molar-refractivity contribution < 1.29 is 8.42 Å². The van der Waals surface area contributed by atoms with Crippen LogP contribution in [0.4, 0.5) is 5.69 Å². The second-order valence-electron chi connectivity index (χ2n) is 2.24. The molecule has 0 bridgehead atoms. The summed E-state index contributed by atoms with van der Waals surface area (Å²) in [7, 11) is -3.33. The fourth-order valence-electron chi connectivity index (χ4n) is 0.741. The zero-order chi connectivity index (χ0) is 9.19. The minimum atomic E-state index is -3.33. The van der Waals surface area contributed by atoms with Gasteiger partial charge in [0.15, 0.2) is 9.84 Å². The Balaban J connectivity index is 3.23. The predicted octanol–water partition coefficient (Wildman–Crippen LogP) is 1.52. The standard InChI is InChI=1S/C8H8NO2S/c1-2-12(10,11)8-5-3-7(9)4-6-8/h2-6,9H,1H2. The molecule has 12 heavy (non-hydrogen) atoms. The van der Waals surface area contributed by atoms with Crippen LogP contribution in [0.1, 0.15) is 0 Å². The highest BCUT2D eigenvalue weighted by atomic mass is 32.2. The molecule has 0 saturated carbocycles. The van der Waals surface area contributed by atoms with Gasteiger partial charge in [-0.25, -0.2) is 8.42 Å². The zero-order valence-electron chi connectivity index (χ0n) is 6.32. The van der Waals surface area contributed by atoms with Crippen molar-refractivity contribution in [1.29, 1.82) is 0 Å². The summed E-state index contributed by atoms with van der Waals surface area (Å²) in [5.41, 5.74) is 7.42. The van der Waals surface area contributed by atoms with E-state index in [0.717, 1.165) is 5.41 Å². The number of benzene rings is 1. The van der Waals surface area contributed by atoms with Crippen molar-refractivity contribution in [1.82, 2.24) is 5.73 Å². The maximum absolute atomic E-state index is 11.1. The van der Waals surface area contributed by atoms with Crippen LogP contribution in [0.15, 0.2) is 41.1 Å². The minimum absolute atomic E-state index is 0.175. The van der Waals surface area contributed by atoms with E-state index < -0.39 is 9.84 Å². The molecule has 0 aliphatic rings. The van der Waals surface area contributed by atoms with E-state index in [1.165, 1.54) is 24.3 Å². The van der Waals surface area contributed by atoms with Gasteiger partial charge in [0.1, 0.15) is 0 Å². The summed E-state index contributed by atoms with van der Waals surface area (Å²) in [5, 5.41) is 0.895. The Hall–Kier alpha value is -1.29. The molecule has 1 rings (SSSR count). The van der Waals surface area contributed by atoms with E-state index in [2.05, 4.69) is 6.58 Å². The van der Waals surface area contributed by atoms with Crippen molar-refractivity contribution in [3.05, 3.63) is 36.3 Å². The summed E-state index contributed by atoms with van der Waals surface area (Å²) in [6, 6.07) is 5.63. The summed E-state index contributed by atoms with van der Waals surface area (Å²) in [5.74, 6) is 0. The number of sulfone groups is 1. The Morgan fingerprint density at radius 3 is 2.17 bits per heavy atom. The topological polar surface area (TPSA) is 57.9 Å². The van der Waals surface area contributed by atoms with E-state index >= 15 is 0 Å². The van der Waals surface area contributed by atoms with Crippen molar-refractivity contribution >= 4 is 15.5 Å². The van der Waals surface area contributed by atoms with Crippen LogP contribution in [0.5, 0.6) is 0 Å². The molecule has 0 fully saturated rings. The molecule has 0 aliphatic carbocycles. The third-order valence-electron chi connectivity index (χ3n) is 1.40. The molecular formula is C8H8NO2S. The fraction of sp³-hybridized carbons (Fsp3) is 0. The first-order valence-corrected chi connectivity index (χ1v) is 4.80. The lowest BCUT2D eigenvalue weighted by atomic mass is 10.3. The molecule has 0 atom stereocenters. The minimum Gasteiger partial charge on any atom is -0.301 e. The average molecular weight is 182 g/mol.